The van der Waals surface area contributed by atoms with E-state index in [2.05, 4.69) is 21.8 Å². The molecule has 6 heteroatoms. The summed E-state index contributed by atoms with van der Waals surface area (Å²) in [7, 11) is 1.54. The summed E-state index contributed by atoms with van der Waals surface area (Å²) >= 11 is 0. The van der Waals surface area contributed by atoms with Crippen LogP contribution in [0, 0.1) is 17.8 Å². The first-order valence-electron chi connectivity index (χ1n) is 9.17. The number of hydrogen-bond donors (Lipinski definition) is 0. The molecule has 1 saturated carbocycles. The first kappa shape index (κ1) is 17.8. The molecule has 27 heavy (non-hydrogen) atoms. The summed E-state index contributed by atoms with van der Waals surface area (Å²) in [5.74, 6) is 7.53. The minimum Gasteiger partial charge on any atom is -0.475 e. The molecule has 1 aromatic carbocycles. The maximum absolute atomic E-state index is 5.79. The predicted molar refractivity (Wildman–Crippen MR) is 99.7 cm³/mol. The third-order valence-corrected chi connectivity index (χ3v) is 4.35. The van der Waals surface area contributed by atoms with E-state index in [0.717, 1.165) is 16.8 Å². The molecule has 2 fully saturated rings. The molecular formula is C21H22N2O4. The molecule has 2 aromatic rings. The van der Waals surface area contributed by atoms with E-state index in [1.165, 1.54) is 20.0 Å². The van der Waals surface area contributed by atoms with Crippen molar-refractivity contribution < 1.29 is 18.9 Å². The fraction of sp³-hybridized carbons (Fsp3) is 0.429. The molecule has 1 saturated heterocycles. The average Bonchev–Trinajstić information content (AvgIpc) is 3.56. The molecule has 0 spiro atoms. The maximum Gasteiger partial charge on any atom is 0.320 e. The lowest BCUT2D eigenvalue weighted by atomic mass is 10.1. The van der Waals surface area contributed by atoms with E-state index in [1.807, 2.05) is 24.3 Å². The van der Waals surface area contributed by atoms with Gasteiger partial charge in [-0.05, 0) is 25.0 Å². The average molecular weight is 366 g/mol. The largest absolute Gasteiger partial charge is 0.475 e. The van der Waals surface area contributed by atoms with Crippen LogP contribution in [0.5, 0.6) is 11.9 Å². The summed E-state index contributed by atoms with van der Waals surface area (Å²) in [6.07, 6.45) is 2.37. The van der Waals surface area contributed by atoms with Crippen molar-refractivity contribution in [2.24, 2.45) is 5.92 Å². The normalized spacial score (nSPS) is 19.1. The highest BCUT2D eigenvalue weighted by molar-refractivity contribution is 5.61. The third kappa shape index (κ3) is 4.97. The molecule has 1 atom stereocenters. The number of nitrogens with zero attached hydrogens (tertiary/aromatic N) is 2. The summed E-state index contributed by atoms with van der Waals surface area (Å²) in [4.78, 5) is 8.69. The Bertz CT molecular complexity index is 831. The van der Waals surface area contributed by atoms with Crippen LogP contribution >= 0.6 is 0 Å². The molecule has 0 N–H and O–H groups in total. The summed E-state index contributed by atoms with van der Waals surface area (Å²) in [6, 6.07) is 10.1. The van der Waals surface area contributed by atoms with Gasteiger partial charge in [-0.25, -0.2) is 0 Å². The second-order valence-electron chi connectivity index (χ2n) is 6.58. The second-order valence-corrected chi connectivity index (χ2v) is 6.58. The Morgan fingerprint density at radius 2 is 2.00 bits per heavy atom. The van der Waals surface area contributed by atoms with Crippen molar-refractivity contribution >= 4 is 0 Å². The smallest absolute Gasteiger partial charge is 0.320 e. The van der Waals surface area contributed by atoms with E-state index in [1.54, 1.807) is 6.07 Å². The zero-order chi connectivity index (χ0) is 18.5. The molecule has 0 radical (unpaired) electrons. The van der Waals surface area contributed by atoms with E-state index >= 15 is 0 Å². The van der Waals surface area contributed by atoms with Crippen molar-refractivity contribution in [3.05, 3.63) is 35.9 Å². The minimum atomic E-state index is -0.0903. The number of benzene rings is 1. The van der Waals surface area contributed by atoms with Crippen LogP contribution in [0.3, 0.4) is 0 Å². The molecule has 0 amide bonds. The first-order valence-corrected chi connectivity index (χ1v) is 9.17. The van der Waals surface area contributed by atoms with Crippen molar-refractivity contribution in [3.8, 4) is 35.0 Å². The van der Waals surface area contributed by atoms with Gasteiger partial charge in [0.1, 0.15) is 12.7 Å². The molecule has 0 bridgehead atoms. The van der Waals surface area contributed by atoms with E-state index < -0.39 is 0 Å². The van der Waals surface area contributed by atoms with Crippen molar-refractivity contribution in [2.45, 2.75) is 18.9 Å². The van der Waals surface area contributed by atoms with Gasteiger partial charge < -0.3 is 18.9 Å². The van der Waals surface area contributed by atoms with Gasteiger partial charge in [0, 0.05) is 23.1 Å². The van der Waals surface area contributed by atoms with E-state index in [-0.39, 0.29) is 12.1 Å². The Kier molecular flexibility index (Phi) is 5.52. The summed E-state index contributed by atoms with van der Waals surface area (Å²) in [5.41, 5.74) is 2.70. The van der Waals surface area contributed by atoms with Crippen LogP contribution in [0.25, 0.3) is 11.3 Å². The van der Waals surface area contributed by atoms with Gasteiger partial charge in [0.25, 0.3) is 0 Å². The molecule has 2 heterocycles. The van der Waals surface area contributed by atoms with Gasteiger partial charge in [0.15, 0.2) is 0 Å². The molecule has 2 aliphatic rings. The quantitative estimate of drug-likeness (QED) is 0.758. The van der Waals surface area contributed by atoms with E-state index in [9.17, 15) is 0 Å². The van der Waals surface area contributed by atoms with Gasteiger partial charge in [-0.2, -0.15) is 9.97 Å². The van der Waals surface area contributed by atoms with Gasteiger partial charge in [0.2, 0.25) is 5.88 Å². The van der Waals surface area contributed by atoms with Crippen molar-refractivity contribution in [3.63, 3.8) is 0 Å². The number of methoxy groups -OCH3 is 1. The molecular weight excluding hydrogens is 344 g/mol. The number of rotatable bonds is 5. The Morgan fingerprint density at radius 3 is 2.70 bits per heavy atom. The van der Waals surface area contributed by atoms with Crippen LogP contribution in [0.2, 0.25) is 0 Å². The molecule has 1 unspecified atom stereocenters. The Hall–Kier alpha value is -2.62. The zero-order valence-corrected chi connectivity index (χ0v) is 15.3. The molecule has 6 nitrogen and oxygen atoms in total. The van der Waals surface area contributed by atoms with Crippen LogP contribution in [0.1, 0.15) is 18.4 Å². The lowest BCUT2D eigenvalue weighted by molar-refractivity contribution is -0.102. The fourth-order valence-electron chi connectivity index (χ4n) is 2.67. The SMILES string of the molecule is COc1nc(OCC2COCCO2)cc(-c2ccc(C#CC3CC3)cc2)n1. The van der Waals surface area contributed by atoms with Crippen LogP contribution in [-0.4, -0.2) is 49.6 Å². The summed E-state index contributed by atoms with van der Waals surface area (Å²) in [5, 5.41) is 0. The number of hydrogen-bond acceptors (Lipinski definition) is 6. The van der Waals surface area contributed by atoms with E-state index in [0.29, 0.717) is 38.2 Å². The molecule has 1 aliphatic heterocycles. The zero-order valence-electron chi connectivity index (χ0n) is 15.3. The van der Waals surface area contributed by atoms with Crippen LogP contribution in [0.4, 0.5) is 0 Å². The highest BCUT2D eigenvalue weighted by Gasteiger charge is 2.18. The van der Waals surface area contributed by atoms with Gasteiger partial charge in [0.05, 0.1) is 32.6 Å². The van der Waals surface area contributed by atoms with E-state index in [4.69, 9.17) is 18.9 Å². The van der Waals surface area contributed by atoms with Crippen molar-refractivity contribution in [1.29, 1.82) is 0 Å². The molecule has 1 aliphatic carbocycles. The van der Waals surface area contributed by atoms with Gasteiger partial charge in [-0.15, -0.1) is 0 Å². The first-order chi connectivity index (χ1) is 13.3. The van der Waals surface area contributed by atoms with Gasteiger partial charge in [-0.3, -0.25) is 0 Å². The number of aromatic nitrogens is 2. The van der Waals surface area contributed by atoms with Crippen molar-refractivity contribution in [1.82, 2.24) is 9.97 Å². The maximum atomic E-state index is 5.79. The Balaban J connectivity index is 1.48. The second kappa shape index (κ2) is 8.38. The standard InChI is InChI=1S/C21H22N2O4/c1-24-21-22-19(12-20(23-21)27-14-18-13-25-10-11-26-18)17-8-6-16(7-9-17)5-4-15-2-3-15/h6-9,12,15,18H,2-3,10-11,13-14H2,1H3. The topological polar surface area (TPSA) is 62.7 Å². The highest BCUT2D eigenvalue weighted by atomic mass is 16.6. The molecule has 1 aromatic heterocycles. The molecule has 4 rings (SSSR count). The number of ether oxygens (including phenoxy) is 4. The fourth-order valence-corrected chi connectivity index (χ4v) is 2.67. The third-order valence-electron chi connectivity index (χ3n) is 4.35. The lowest BCUT2D eigenvalue weighted by Gasteiger charge is -2.22. The summed E-state index contributed by atoms with van der Waals surface area (Å²) < 4.78 is 22.0. The van der Waals surface area contributed by atoms with Crippen LogP contribution < -0.4 is 9.47 Å². The lowest BCUT2D eigenvalue weighted by Crippen LogP contribution is -2.33. The Morgan fingerprint density at radius 1 is 1.15 bits per heavy atom. The van der Waals surface area contributed by atoms with Crippen LogP contribution in [0.15, 0.2) is 30.3 Å². The summed E-state index contributed by atoms with van der Waals surface area (Å²) in [6.45, 7) is 2.11. The van der Waals surface area contributed by atoms with Gasteiger partial charge in [-0.1, -0.05) is 24.0 Å². The monoisotopic (exact) mass is 366 g/mol. The molecule has 140 valence electrons. The highest BCUT2D eigenvalue weighted by Crippen LogP contribution is 2.28. The van der Waals surface area contributed by atoms with Crippen molar-refractivity contribution in [2.75, 3.05) is 33.5 Å². The van der Waals surface area contributed by atoms with Gasteiger partial charge >= 0.3 is 6.01 Å². The minimum absolute atomic E-state index is 0.0903. The van der Waals surface area contributed by atoms with Crippen LogP contribution in [-0.2, 0) is 9.47 Å². The Labute approximate surface area is 158 Å². The predicted octanol–water partition coefficient (Wildman–Crippen LogP) is 2.71.